The zero-order valence-corrected chi connectivity index (χ0v) is 22.1. The minimum absolute atomic E-state index is 0.144. The third-order valence-corrected chi connectivity index (χ3v) is 8.73. The normalized spacial score (nSPS) is 22.5. The monoisotopic (exact) mass is 491 g/mol. The van der Waals surface area contributed by atoms with Crippen LogP contribution in [0.2, 0.25) is 0 Å². The van der Waals surface area contributed by atoms with E-state index in [1.54, 1.807) is 18.9 Å². The van der Waals surface area contributed by atoms with Crippen molar-refractivity contribution in [3.8, 4) is 11.4 Å². The number of amidine groups is 1. The molecule has 2 aliphatic carbocycles. The molecule has 0 atom stereocenters. The predicted molar refractivity (Wildman–Crippen MR) is 145 cm³/mol. The summed E-state index contributed by atoms with van der Waals surface area (Å²) in [6, 6.07) is 11.0. The summed E-state index contributed by atoms with van der Waals surface area (Å²) in [5.41, 5.74) is 4.47. The largest absolute Gasteiger partial charge is 0.497 e. The molecule has 1 amide bonds. The fourth-order valence-electron chi connectivity index (χ4n) is 5.81. The molecule has 0 radical (unpaired) electrons. The second-order valence-electron chi connectivity index (χ2n) is 10.1. The number of aryl methyl sites for hydroxylation is 1. The highest BCUT2D eigenvalue weighted by Crippen LogP contribution is 2.39. The summed E-state index contributed by atoms with van der Waals surface area (Å²) in [4.78, 5) is 21.8. The second kappa shape index (κ2) is 10.7. The van der Waals surface area contributed by atoms with Gasteiger partial charge >= 0.3 is 0 Å². The molecule has 1 saturated heterocycles. The van der Waals surface area contributed by atoms with Gasteiger partial charge in [0.25, 0.3) is 5.91 Å². The van der Waals surface area contributed by atoms with Gasteiger partial charge in [0, 0.05) is 23.1 Å². The van der Waals surface area contributed by atoms with E-state index < -0.39 is 0 Å². The standard InChI is InChI=1S/C29H37N3O2S/c1-20-18-22(21(2)31(20)25-14-16-26(34-3)17-15-25)19-27-28(33)32(24-12-8-5-9-13-24)29(35-27)30-23-10-6-4-7-11-23/h14-19,23-24H,4-13H2,1-3H3. The number of carbonyl (C=O) groups excluding carboxylic acids is 1. The van der Waals surface area contributed by atoms with E-state index in [9.17, 15) is 4.79 Å². The van der Waals surface area contributed by atoms with Gasteiger partial charge < -0.3 is 9.30 Å². The third kappa shape index (κ3) is 5.09. The van der Waals surface area contributed by atoms with E-state index >= 15 is 0 Å². The molecule has 0 spiro atoms. The van der Waals surface area contributed by atoms with Crippen molar-refractivity contribution in [1.82, 2.24) is 9.47 Å². The predicted octanol–water partition coefficient (Wildman–Crippen LogP) is 7.04. The first-order chi connectivity index (χ1) is 17.0. The quantitative estimate of drug-likeness (QED) is 0.421. The molecule has 2 heterocycles. The molecule has 0 unspecified atom stereocenters. The highest BCUT2D eigenvalue weighted by atomic mass is 32.2. The topological polar surface area (TPSA) is 46.8 Å². The van der Waals surface area contributed by atoms with E-state index in [4.69, 9.17) is 9.73 Å². The first kappa shape index (κ1) is 24.2. The molecule has 2 saturated carbocycles. The molecule has 3 fully saturated rings. The van der Waals surface area contributed by atoms with Gasteiger partial charge in [-0.2, -0.15) is 0 Å². The van der Waals surface area contributed by atoms with E-state index in [1.807, 2.05) is 12.1 Å². The number of ether oxygens (including phenoxy) is 1. The van der Waals surface area contributed by atoms with Crippen LogP contribution in [0.3, 0.4) is 0 Å². The van der Waals surface area contributed by atoms with Crippen molar-refractivity contribution in [1.29, 1.82) is 0 Å². The van der Waals surface area contributed by atoms with E-state index in [2.05, 4.69) is 47.6 Å². The van der Waals surface area contributed by atoms with E-state index in [0.29, 0.717) is 12.1 Å². The van der Waals surface area contributed by atoms with Crippen LogP contribution in [-0.2, 0) is 4.79 Å². The first-order valence-corrected chi connectivity index (χ1v) is 14.0. The number of carbonyl (C=O) groups is 1. The molecule has 1 aromatic heterocycles. The van der Waals surface area contributed by atoms with Crippen LogP contribution in [0.4, 0.5) is 0 Å². The number of hydrogen-bond donors (Lipinski definition) is 0. The molecule has 6 heteroatoms. The summed E-state index contributed by atoms with van der Waals surface area (Å²) >= 11 is 1.60. The minimum atomic E-state index is 0.144. The number of benzene rings is 1. The van der Waals surface area contributed by atoms with Gasteiger partial charge in [0.1, 0.15) is 5.75 Å². The number of methoxy groups -OCH3 is 1. The smallest absolute Gasteiger partial charge is 0.267 e. The van der Waals surface area contributed by atoms with Gasteiger partial charge in [-0.05, 0) is 93.3 Å². The number of aliphatic imine (C=N–C) groups is 1. The highest BCUT2D eigenvalue weighted by molar-refractivity contribution is 8.18. The van der Waals surface area contributed by atoms with Crippen LogP contribution in [0.5, 0.6) is 5.75 Å². The van der Waals surface area contributed by atoms with Crippen molar-refractivity contribution in [2.24, 2.45) is 4.99 Å². The van der Waals surface area contributed by atoms with Crippen LogP contribution < -0.4 is 4.74 Å². The molecule has 5 nitrogen and oxygen atoms in total. The number of nitrogens with zero attached hydrogens (tertiary/aromatic N) is 3. The Labute approximate surface area is 213 Å². The van der Waals surface area contributed by atoms with Gasteiger partial charge in [-0.25, -0.2) is 0 Å². The van der Waals surface area contributed by atoms with Crippen molar-refractivity contribution in [3.05, 3.63) is 52.2 Å². The minimum Gasteiger partial charge on any atom is -0.497 e. The lowest BCUT2D eigenvalue weighted by Gasteiger charge is -2.31. The van der Waals surface area contributed by atoms with Gasteiger partial charge in [0.2, 0.25) is 0 Å². The number of amides is 1. The SMILES string of the molecule is COc1ccc(-n2c(C)cc(C=C3SC(=NC4CCCCC4)N(C4CCCCC4)C3=O)c2C)cc1. The van der Waals surface area contributed by atoms with Crippen molar-refractivity contribution < 1.29 is 9.53 Å². The summed E-state index contributed by atoms with van der Waals surface area (Å²) in [7, 11) is 1.68. The van der Waals surface area contributed by atoms with E-state index in [0.717, 1.165) is 64.1 Å². The maximum absolute atomic E-state index is 13.7. The molecule has 0 N–H and O–H groups in total. The fraction of sp³-hybridized carbons (Fsp3) is 0.517. The zero-order valence-electron chi connectivity index (χ0n) is 21.3. The number of aromatic nitrogens is 1. The highest BCUT2D eigenvalue weighted by Gasteiger charge is 2.39. The maximum atomic E-state index is 13.7. The molecule has 1 aliphatic heterocycles. The van der Waals surface area contributed by atoms with Crippen molar-refractivity contribution in [2.45, 2.75) is 90.1 Å². The van der Waals surface area contributed by atoms with E-state index in [1.165, 1.54) is 38.5 Å². The molecule has 1 aromatic carbocycles. The Hall–Kier alpha value is -2.47. The lowest BCUT2D eigenvalue weighted by Crippen LogP contribution is -2.41. The third-order valence-electron chi connectivity index (χ3n) is 7.73. The Morgan fingerprint density at radius 3 is 2.29 bits per heavy atom. The molecular formula is C29H37N3O2S. The molecule has 35 heavy (non-hydrogen) atoms. The Kier molecular flexibility index (Phi) is 7.37. The Balaban J connectivity index is 1.46. The lowest BCUT2D eigenvalue weighted by atomic mass is 9.94. The van der Waals surface area contributed by atoms with Crippen LogP contribution >= 0.6 is 11.8 Å². The Bertz CT molecular complexity index is 1120. The Morgan fingerprint density at radius 2 is 1.63 bits per heavy atom. The van der Waals surface area contributed by atoms with Crippen LogP contribution in [0.1, 0.15) is 81.2 Å². The maximum Gasteiger partial charge on any atom is 0.267 e. The average molecular weight is 492 g/mol. The number of thioether (sulfide) groups is 1. The second-order valence-corrected chi connectivity index (χ2v) is 11.2. The van der Waals surface area contributed by atoms with Gasteiger partial charge in [0.15, 0.2) is 5.17 Å². The molecule has 5 rings (SSSR count). The van der Waals surface area contributed by atoms with E-state index in [-0.39, 0.29) is 5.91 Å². The van der Waals surface area contributed by atoms with Gasteiger partial charge in [-0.3, -0.25) is 14.7 Å². The summed E-state index contributed by atoms with van der Waals surface area (Å²) in [5.74, 6) is 0.991. The molecule has 186 valence electrons. The van der Waals surface area contributed by atoms with Gasteiger partial charge in [-0.15, -0.1) is 0 Å². The summed E-state index contributed by atoms with van der Waals surface area (Å²) in [6.07, 6.45) is 14.1. The van der Waals surface area contributed by atoms with Crippen LogP contribution in [0.25, 0.3) is 11.8 Å². The van der Waals surface area contributed by atoms with Crippen molar-refractivity contribution in [3.63, 3.8) is 0 Å². The fourth-order valence-corrected chi connectivity index (χ4v) is 6.91. The molecule has 2 aromatic rings. The average Bonchev–Trinajstić information content (AvgIpc) is 3.34. The lowest BCUT2D eigenvalue weighted by molar-refractivity contribution is -0.124. The number of rotatable bonds is 5. The summed E-state index contributed by atoms with van der Waals surface area (Å²) in [6.45, 7) is 4.25. The first-order valence-electron chi connectivity index (χ1n) is 13.2. The summed E-state index contributed by atoms with van der Waals surface area (Å²) in [5, 5.41) is 0.948. The van der Waals surface area contributed by atoms with Crippen molar-refractivity contribution in [2.75, 3.05) is 7.11 Å². The van der Waals surface area contributed by atoms with Gasteiger partial charge in [-0.1, -0.05) is 38.5 Å². The summed E-state index contributed by atoms with van der Waals surface area (Å²) < 4.78 is 7.56. The molecule has 3 aliphatic rings. The van der Waals surface area contributed by atoms with Crippen molar-refractivity contribution >= 4 is 28.9 Å². The van der Waals surface area contributed by atoms with Crippen LogP contribution in [0.15, 0.2) is 40.2 Å². The number of hydrogen-bond acceptors (Lipinski definition) is 4. The van der Waals surface area contributed by atoms with Crippen LogP contribution in [0, 0.1) is 13.8 Å². The molecule has 0 bridgehead atoms. The molecular weight excluding hydrogens is 454 g/mol. The Morgan fingerprint density at radius 1 is 0.971 bits per heavy atom. The zero-order chi connectivity index (χ0) is 24.4. The van der Waals surface area contributed by atoms with Crippen LogP contribution in [-0.4, -0.2) is 39.7 Å². The van der Waals surface area contributed by atoms with Gasteiger partial charge in [0.05, 0.1) is 18.1 Å².